The van der Waals surface area contributed by atoms with Crippen molar-refractivity contribution in [2.24, 2.45) is 28.1 Å². The summed E-state index contributed by atoms with van der Waals surface area (Å²) in [5.41, 5.74) is 18.3. The zero-order chi connectivity index (χ0) is 31.1. The Kier molecular flexibility index (Phi) is 14.0. The standard InChI is InChI=1S/C30H43N7O5/c1-19(2)16-22(31)26(38)36-24(17-20-10-5-3-6-11-20)28(40)37-25(18-21-12-7-4-8-13-21)27(39)35-23(29(41)42)14-9-15-34-30(32)33/h3-8,10-13,19,22-25H,9,14-18,31H2,1-2H3,(H,35,39)(H,36,38)(H,37,40)(H,41,42)(H4,32,33,34). The SMILES string of the molecule is CC(C)CC(N)C(=O)NC(Cc1ccccc1)C(=O)NC(Cc1ccccc1)C(=O)NC(CCCN=C(N)N)C(=O)O. The Hall–Kier alpha value is -4.45. The van der Waals surface area contributed by atoms with Gasteiger partial charge in [-0.1, -0.05) is 74.5 Å². The topological polar surface area (TPSA) is 215 Å². The van der Waals surface area contributed by atoms with Crippen LogP contribution in [0.25, 0.3) is 0 Å². The summed E-state index contributed by atoms with van der Waals surface area (Å²) in [7, 11) is 0. The van der Waals surface area contributed by atoms with Gasteiger partial charge in [0.15, 0.2) is 5.96 Å². The summed E-state index contributed by atoms with van der Waals surface area (Å²) in [6.07, 6.45) is 1.08. The number of benzene rings is 2. The number of carboxylic acid groups (broad SMARTS) is 1. The summed E-state index contributed by atoms with van der Waals surface area (Å²) in [6, 6.07) is 13.9. The molecule has 42 heavy (non-hydrogen) atoms. The zero-order valence-corrected chi connectivity index (χ0v) is 24.2. The summed E-state index contributed by atoms with van der Waals surface area (Å²) in [5.74, 6) is -2.92. The fourth-order valence-corrected chi connectivity index (χ4v) is 4.32. The van der Waals surface area contributed by atoms with Gasteiger partial charge in [-0.15, -0.1) is 0 Å². The molecule has 10 N–H and O–H groups in total. The molecule has 0 aliphatic heterocycles. The van der Waals surface area contributed by atoms with Crippen LogP contribution in [0, 0.1) is 5.92 Å². The molecule has 0 spiro atoms. The predicted octanol–water partition coefficient (Wildman–Crippen LogP) is 0.438. The van der Waals surface area contributed by atoms with E-state index in [1.807, 2.05) is 50.2 Å². The van der Waals surface area contributed by atoms with E-state index < -0.39 is 47.9 Å². The molecule has 0 heterocycles. The van der Waals surface area contributed by atoms with Crippen molar-refractivity contribution in [2.75, 3.05) is 6.54 Å². The molecular formula is C30H43N7O5. The molecule has 228 valence electrons. The number of guanidine groups is 1. The highest BCUT2D eigenvalue weighted by atomic mass is 16.4. The van der Waals surface area contributed by atoms with E-state index in [0.29, 0.717) is 12.8 Å². The molecule has 12 nitrogen and oxygen atoms in total. The van der Waals surface area contributed by atoms with E-state index in [0.717, 1.165) is 11.1 Å². The van der Waals surface area contributed by atoms with Crippen LogP contribution in [0.15, 0.2) is 65.7 Å². The first kappa shape index (κ1) is 33.8. The van der Waals surface area contributed by atoms with Gasteiger partial charge in [0, 0.05) is 19.4 Å². The van der Waals surface area contributed by atoms with Crippen LogP contribution in [0.2, 0.25) is 0 Å². The molecule has 0 saturated carbocycles. The minimum Gasteiger partial charge on any atom is -0.480 e. The molecule has 0 aliphatic rings. The molecule has 0 bridgehead atoms. The second-order valence-corrected chi connectivity index (χ2v) is 10.6. The molecule has 0 aliphatic carbocycles. The van der Waals surface area contributed by atoms with Gasteiger partial charge in [-0.25, -0.2) is 4.79 Å². The summed E-state index contributed by atoms with van der Waals surface area (Å²) in [5, 5.41) is 17.7. The van der Waals surface area contributed by atoms with Gasteiger partial charge in [-0.3, -0.25) is 19.4 Å². The summed E-state index contributed by atoms with van der Waals surface area (Å²) in [6.45, 7) is 4.09. The monoisotopic (exact) mass is 581 g/mol. The second-order valence-electron chi connectivity index (χ2n) is 10.6. The largest absolute Gasteiger partial charge is 0.480 e. The van der Waals surface area contributed by atoms with Crippen LogP contribution in [0.5, 0.6) is 0 Å². The van der Waals surface area contributed by atoms with Crippen LogP contribution in [-0.4, -0.2) is 65.5 Å². The van der Waals surface area contributed by atoms with Gasteiger partial charge in [0.2, 0.25) is 17.7 Å². The third-order valence-corrected chi connectivity index (χ3v) is 6.45. The lowest BCUT2D eigenvalue weighted by atomic mass is 10.0. The smallest absolute Gasteiger partial charge is 0.326 e. The molecule has 0 radical (unpaired) electrons. The fraction of sp³-hybridized carbons (Fsp3) is 0.433. The molecular weight excluding hydrogens is 538 g/mol. The lowest BCUT2D eigenvalue weighted by Crippen LogP contribution is -2.58. The van der Waals surface area contributed by atoms with Gasteiger partial charge < -0.3 is 38.3 Å². The third-order valence-electron chi connectivity index (χ3n) is 6.45. The Labute approximate surface area is 246 Å². The van der Waals surface area contributed by atoms with Crippen molar-refractivity contribution in [3.63, 3.8) is 0 Å². The van der Waals surface area contributed by atoms with Gasteiger partial charge >= 0.3 is 5.97 Å². The van der Waals surface area contributed by atoms with Crippen LogP contribution in [0.3, 0.4) is 0 Å². The van der Waals surface area contributed by atoms with Gasteiger partial charge in [0.25, 0.3) is 0 Å². The average Bonchev–Trinajstić information content (AvgIpc) is 2.94. The van der Waals surface area contributed by atoms with Gasteiger partial charge in [0.05, 0.1) is 6.04 Å². The van der Waals surface area contributed by atoms with Crippen LogP contribution >= 0.6 is 0 Å². The van der Waals surface area contributed by atoms with Gasteiger partial charge in [-0.05, 0) is 36.3 Å². The summed E-state index contributed by atoms with van der Waals surface area (Å²) < 4.78 is 0. The van der Waals surface area contributed by atoms with Crippen molar-refractivity contribution in [2.45, 2.75) is 70.1 Å². The van der Waals surface area contributed by atoms with Crippen molar-refractivity contribution in [1.82, 2.24) is 16.0 Å². The highest BCUT2D eigenvalue weighted by Crippen LogP contribution is 2.09. The van der Waals surface area contributed by atoms with Gasteiger partial charge in [0.1, 0.15) is 18.1 Å². The van der Waals surface area contributed by atoms with E-state index in [1.165, 1.54) is 0 Å². The Morgan fingerprint density at radius 1 is 0.762 bits per heavy atom. The van der Waals surface area contributed by atoms with Crippen molar-refractivity contribution >= 4 is 29.7 Å². The first-order chi connectivity index (χ1) is 20.0. The Bertz CT molecular complexity index is 1190. The van der Waals surface area contributed by atoms with Crippen LogP contribution in [0.4, 0.5) is 0 Å². The predicted molar refractivity (Wildman–Crippen MR) is 161 cm³/mol. The average molecular weight is 582 g/mol. The Morgan fingerprint density at radius 3 is 1.64 bits per heavy atom. The molecule has 0 aromatic heterocycles. The summed E-state index contributed by atoms with van der Waals surface area (Å²) >= 11 is 0. The number of nitrogens with two attached hydrogens (primary N) is 3. The quantitative estimate of drug-likeness (QED) is 0.0788. The maximum Gasteiger partial charge on any atom is 0.326 e. The van der Waals surface area contributed by atoms with Crippen LogP contribution in [-0.2, 0) is 32.0 Å². The number of aliphatic carboxylic acids is 1. The van der Waals surface area contributed by atoms with Crippen molar-refractivity contribution in [3.05, 3.63) is 71.8 Å². The number of nitrogens with one attached hydrogen (secondary N) is 3. The maximum atomic E-state index is 13.6. The van der Waals surface area contributed by atoms with E-state index in [9.17, 15) is 24.3 Å². The maximum absolute atomic E-state index is 13.6. The highest BCUT2D eigenvalue weighted by molar-refractivity contribution is 5.94. The number of carbonyl (C=O) groups is 4. The highest BCUT2D eigenvalue weighted by Gasteiger charge is 2.30. The second kappa shape index (κ2) is 17.4. The molecule has 0 saturated heterocycles. The van der Waals surface area contributed by atoms with E-state index in [4.69, 9.17) is 17.2 Å². The van der Waals surface area contributed by atoms with E-state index >= 15 is 0 Å². The number of carbonyl (C=O) groups excluding carboxylic acids is 3. The molecule has 2 rings (SSSR count). The number of amides is 3. The van der Waals surface area contributed by atoms with Gasteiger partial charge in [-0.2, -0.15) is 0 Å². The molecule has 4 atom stereocenters. The summed E-state index contributed by atoms with van der Waals surface area (Å²) in [4.78, 5) is 55.7. The molecule has 2 aromatic rings. The molecule has 12 heteroatoms. The molecule has 2 aromatic carbocycles. The number of rotatable bonds is 17. The number of nitrogens with zero attached hydrogens (tertiary/aromatic N) is 1. The van der Waals surface area contributed by atoms with E-state index in [1.54, 1.807) is 24.3 Å². The Morgan fingerprint density at radius 2 is 1.21 bits per heavy atom. The molecule has 0 fully saturated rings. The third kappa shape index (κ3) is 12.4. The van der Waals surface area contributed by atoms with Crippen LogP contribution in [0.1, 0.15) is 44.2 Å². The van der Waals surface area contributed by atoms with Crippen LogP contribution < -0.4 is 33.2 Å². The van der Waals surface area contributed by atoms with Crippen molar-refractivity contribution in [1.29, 1.82) is 0 Å². The number of hydrogen-bond acceptors (Lipinski definition) is 6. The van der Waals surface area contributed by atoms with E-state index in [-0.39, 0.29) is 37.7 Å². The van der Waals surface area contributed by atoms with Crippen molar-refractivity contribution < 1.29 is 24.3 Å². The number of carboxylic acids is 1. The molecule has 4 unspecified atom stereocenters. The normalized spacial score (nSPS) is 13.7. The number of hydrogen-bond donors (Lipinski definition) is 7. The molecule has 3 amide bonds. The first-order valence-electron chi connectivity index (χ1n) is 14.0. The minimum absolute atomic E-state index is 0.0737. The van der Waals surface area contributed by atoms with Crippen molar-refractivity contribution in [3.8, 4) is 0 Å². The zero-order valence-electron chi connectivity index (χ0n) is 24.2. The fourth-order valence-electron chi connectivity index (χ4n) is 4.32. The van der Waals surface area contributed by atoms with E-state index in [2.05, 4.69) is 20.9 Å². The first-order valence-corrected chi connectivity index (χ1v) is 14.0. The Balaban J connectivity index is 2.26. The lowest BCUT2D eigenvalue weighted by molar-refractivity contribution is -0.142. The minimum atomic E-state index is -1.23. The lowest BCUT2D eigenvalue weighted by Gasteiger charge is -2.26. The number of aliphatic imine (C=N–C) groups is 1.